The van der Waals surface area contributed by atoms with Gasteiger partial charge in [-0.3, -0.25) is 4.98 Å². The summed E-state index contributed by atoms with van der Waals surface area (Å²) in [5.74, 6) is 0. The molecule has 0 amide bonds. The predicted octanol–water partition coefficient (Wildman–Crippen LogP) is -3.75. The van der Waals surface area contributed by atoms with E-state index in [9.17, 15) is 0 Å². The van der Waals surface area contributed by atoms with Crippen LogP contribution in [0, 0.1) is 0 Å². The molecule has 0 unspecified atom stereocenters. The third kappa shape index (κ3) is 8.28. The standard InChI is InChI=1S/C5H5N.BH4.B.Na/c1-2-4-6-5-3-1;;;/h1-5H;1H4;;/q;-1;;+1. The van der Waals surface area contributed by atoms with Crippen molar-refractivity contribution >= 4 is 16.8 Å². The van der Waals surface area contributed by atoms with Crippen LogP contribution in [0.4, 0.5) is 0 Å². The van der Waals surface area contributed by atoms with Gasteiger partial charge >= 0.3 is 29.6 Å². The maximum atomic E-state index is 3.78. The normalized spacial score (nSPS) is 5.33. The van der Waals surface area contributed by atoms with Crippen LogP contribution in [-0.2, 0) is 0 Å². The predicted molar refractivity (Wildman–Crippen MR) is 41.3 cm³/mol. The van der Waals surface area contributed by atoms with Crippen LogP contribution in [0.25, 0.3) is 0 Å². The van der Waals surface area contributed by atoms with E-state index in [1.807, 2.05) is 18.2 Å². The van der Waals surface area contributed by atoms with Crippen LogP contribution in [0.1, 0.15) is 0 Å². The Morgan fingerprint density at radius 1 is 0.889 bits per heavy atom. The van der Waals surface area contributed by atoms with Crippen molar-refractivity contribution in [2.24, 2.45) is 0 Å². The van der Waals surface area contributed by atoms with E-state index >= 15 is 0 Å². The summed E-state index contributed by atoms with van der Waals surface area (Å²) in [5, 5.41) is 0. The first-order valence-electron chi connectivity index (χ1n) is 1.85. The molecule has 0 aliphatic heterocycles. The molecule has 1 aromatic rings. The van der Waals surface area contributed by atoms with Gasteiger partial charge in [0.15, 0.2) is 0 Å². The molecule has 0 bridgehead atoms. The summed E-state index contributed by atoms with van der Waals surface area (Å²) in [6.45, 7) is 0. The largest absolute Gasteiger partial charge is 1.00 e. The molecule has 0 fully saturated rings. The Labute approximate surface area is 81.7 Å². The molecule has 41 valence electrons. The molecule has 1 nitrogen and oxygen atoms in total. The molecule has 3 radical (unpaired) electrons. The molecule has 0 saturated heterocycles. The molecule has 1 heterocycles. The fourth-order valence-electron chi connectivity index (χ4n) is 0.313. The molecule has 0 atom stereocenters. The summed E-state index contributed by atoms with van der Waals surface area (Å²) in [5.41, 5.74) is 0. The topological polar surface area (TPSA) is 12.9 Å². The Morgan fingerprint density at radius 3 is 1.44 bits per heavy atom. The van der Waals surface area contributed by atoms with Crippen LogP contribution in [0.15, 0.2) is 30.6 Å². The molecular formula is C5H9B2NNa. The first-order valence-corrected chi connectivity index (χ1v) is 1.85. The van der Waals surface area contributed by atoms with Crippen molar-refractivity contribution < 1.29 is 29.6 Å². The van der Waals surface area contributed by atoms with E-state index in [0.717, 1.165) is 0 Å². The maximum Gasteiger partial charge on any atom is 1.00 e. The Kier molecular flexibility index (Phi) is 19.9. The maximum absolute atomic E-state index is 3.78. The van der Waals surface area contributed by atoms with Crippen LogP contribution in [0.2, 0.25) is 0 Å². The SMILES string of the molecule is [BH4-].[B].[Na+].c1ccncc1. The van der Waals surface area contributed by atoms with Crippen molar-refractivity contribution in [2.45, 2.75) is 0 Å². The van der Waals surface area contributed by atoms with E-state index in [2.05, 4.69) is 4.98 Å². The summed E-state index contributed by atoms with van der Waals surface area (Å²) in [6, 6.07) is 5.72. The van der Waals surface area contributed by atoms with Crippen molar-refractivity contribution in [2.75, 3.05) is 0 Å². The second kappa shape index (κ2) is 11.1. The first-order chi connectivity index (χ1) is 3.00. The van der Waals surface area contributed by atoms with Crippen LogP contribution in [-0.4, -0.2) is 21.8 Å². The molecule has 0 saturated carbocycles. The van der Waals surface area contributed by atoms with E-state index in [1.165, 1.54) is 0 Å². The van der Waals surface area contributed by atoms with Crippen molar-refractivity contribution in [3.8, 4) is 0 Å². The molecule has 0 aliphatic rings. The second-order valence-corrected chi connectivity index (χ2v) is 1.02. The molecule has 0 aromatic carbocycles. The fourth-order valence-corrected chi connectivity index (χ4v) is 0.313. The third-order valence-corrected chi connectivity index (χ3v) is 0.566. The average molecular weight is 128 g/mol. The smallest absolute Gasteiger partial charge is 0.265 e. The zero-order valence-electron chi connectivity index (χ0n) is 4.91. The van der Waals surface area contributed by atoms with Gasteiger partial charge in [-0.15, -0.1) is 0 Å². The van der Waals surface area contributed by atoms with Crippen LogP contribution in [0.3, 0.4) is 0 Å². The van der Waals surface area contributed by atoms with Crippen LogP contribution in [0.5, 0.6) is 0 Å². The van der Waals surface area contributed by atoms with Crippen molar-refractivity contribution in [1.29, 1.82) is 0 Å². The van der Waals surface area contributed by atoms with Gasteiger partial charge in [0.1, 0.15) is 0 Å². The monoisotopic (exact) mass is 128 g/mol. The molecule has 0 aliphatic carbocycles. The van der Waals surface area contributed by atoms with Crippen molar-refractivity contribution in [3.05, 3.63) is 30.6 Å². The summed E-state index contributed by atoms with van der Waals surface area (Å²) in [7, 11) is 0. The number of hydrogen-bond donors (Lipinski definition) is 0. The van der Waals surface area contributed by atoms with Gasteiger partial charge in [-0.25, -0.2) is 0 Å². The Balaban J connectivity index is -0.000000120. The minimum atomic E-state index is 0. The molecular weight excluding hydrogens is 119 g/mol. The summed E-state index contributed by atoms with van der Waals surface area (Å²) in [6.07, 6.45) is 3.50. The second-order valence-electron chi connectivity index (χ2n) is 1.02. The van der Waals surface area contributed by atoms with E-state index in [1.54, 1.807) is 12.4 Å². The van der Waals surface area contributed by atoms with E-state index in [-0.39, 0.29) is 46.4 Å². The van der Waals surface area contributed by atoms with Gasteiger partial charge in [0.25, 0.3) is 0 Å². The number of nitrogens with zero attached hydrogens (tertiary/aromatic N) is 1. The van der Waals surface area contributed by atoms with Gasteiger partial charge in [0.05, 0.1) is 0 Å². The summed E-state index contributed by atoms with van der Waals surface area (Å²) < 4.78 is 0. The van der Waals surface area contributed by atoms with Gasteiger partial charge in [-0.2, -0.15) is 0 Å². The zero-order valence-corrected chi connectivity index (χ0v) is 6.91. The Morgan fingerprint density at radius 2 is 1.33 bits per heavy atom. The fraction of sp³-hybridized carbons (Fsp3) is 0. The first kappa shape index (κ1) is 16.1. The molecule has 0 spiro atoms. The van der Waals surface area contributed by atoms with Gasteiger partial charge in [-0.05, 0) is 12.1 Å². The van der Waals surface area contributed by atoms with E-state index in [0.29, 0.717) is 0 Å². The van der Waals surface area contributed by atoms with Crippen molar-refractivity contribution in [3.63, 3.8) is 0 Å². The number of aromatic nitrogens is 1. The number of hydrogen-bond acceptors (Lipinski definition) is 1. The third-order valence-electron chi connectivity index (χ3n) is 0.566. The Hall–Kier alpha value is 0.280. The van der Waals surface area contributed by atoms with Gasteiger partial charge in [0.2, 0.25) is 0 Å². The molecule has 9 heavy (non-hydrogen) atoms. The average Bonchev–Trinajstić information content (AvgIpc) is 1.72. The molecule has 0 N–H and O–H groups in total. The van der Waals surface area contributed by atoms with E-state index < -0.39 is 0 Å². The summed E-state index contributed by atoms with van der Waals surface area (Å²) >= 11 is 0. The van der Waals surface area contributed by atoms with E-state index in [4.69, 9.17) is 0 Å². The minimum Gasteiger partial charge on any atom is -0.265 e. The summed E-state index contributed by atoms with van der Waals surface area (Å²) in [4.78, 5) is 3.78. The minimum absolute atomic E-state index is 0. The van der Waals surface area contributed by atoms with Gasteiger partial charge in [0, 0.05) is 20.8 Å². The van der Waals surface area contributed by atoms with Crippen LogP contribution < -0.4 is 29.6 Å². The molecule has 1 aromatic heterocycles. The zero-order chi connectivity index (χ0) is 4.24. The van der Waals surface area contributed by atoms with Gasteiger partial charge in [-0.1, -0.05) is 14.5 Å². The van der Waals surface area contributed by atoms with Gasteiger partial charge < -0.3 is 0 Å². The molecule has 1 rings (SSSR count). The quantitative estimate of drug-likeness (QED) is 0.327. The van der Waals surface area contributed by atoms with Crippen molar-refractivity contribution in [1.82, 2.24) is 4.98 Å². The number of rotatable bonds is 0. The number of pyridine rings is 1. The van der Waals surface area contributed by atoms with Crippen LogP contribution >= 0.6 is 0 Å². The molecule has 4 heteroatoms. The Bertz CT molecular complexity index is 86.9.